The number of aliphatic hydroxyl groups excluding tert-OH is 3. The lowest BCUT2D eigenvalue weighted by Crippen LogP contribution is -2.44. The molecule has 3 saturated heterocycles. The summed E-state index contributed by atoms with van der Waals surface area (Å²) < 4.78 is 46.0. The van der Waals surface area contributed by atoms with Gasteiger partial charge in [0.05, 0.1) is 50.0 Å². The molecule has 14 N–H and O–H groups in total. The predicted octanol–water partition coefficient (Wildman–Crippen LogP) is 4.89. The number of hydrogen-bond acceptors (Lipinski definition) is 29. The number of carbonyl (C=O) groups excluding carboxylic acids is 2. The molecule has 0 saturated carbocycles. The second-order valence-electron chi connectivity index (χ2n) is 23.3. The number of nitrogens with one attached hydrogen (secondary N) is 3. The Balaban J connectivity index is 0.000000175. The number of esters is 2. The molecule has 9 heterocycles. The topological polar surface area (TPSA) is 445 Å². The van der Waals surface area contributed by atoms with E-state index in [0.29, 0.717) is 63.9 Å². The lowest BCUT2D eigenvalue weighted by atomic mass is 9.86. The lowest BCUT2D eigenvalue weighted by Gasteiger charge is -2.33. The van der Waals surface area contributed by atoms with E-state index in [1.54, 1.807) is 92.3 Å². The number of imidazole rings is 3. The molecule has 2 aromatic carbocycles. The zero-order chi connectivity index (χ0) is 68.9. The summed E-state index contributed by atoms with van der Waals surface area (Å²) in [6, 6.07) is 16.8. The van der Waals surface area contributed by atoms with Gasteiger partial charge in [0.25, 0.3) is 0 Å². The Morgan fingerprint density at radius 3 is 1.68 bits per heavy atom. The van der Waals surface area contributed by atoms with Crippen molar-refractivity contribution in [2.75, 3.05) is 54.1 Å². The van der Waals surface area contributed by atoms with Gasteiger partial charge >= 0.3 is 18.6 Å². The summed E-state index contributed by atoms with van der Waals surface area (Å²) in [5, 5.41) is 61.7. The normalized spacial score (nSPS) is 26.5. The van der Waals surface area contributed by atoms with Crippen molar-refractivity contribution in [3.63, 3.8) is 0 Å². The highest BCUT2D eigenvalue weighted by molar-refractivity contribution is 8.09. The molecule has 11 rings (SSSR count). The fourth-order valence-electron chi connectivity index (χ4n) is 10.9. The Bertz CT molecular complexity index is 4080. The van der Waals surface area contributed by atoms with Crippen molar-refractivity contribution in [1.82, 2.24) is 63.6 Å². The van der Waals surface area contributed by atoms with E-state index in [9.17, 15) is 35.1 Å². The summed E-state index contributed by atoms with van der Waals surface area (Å²) in [6.45, 7) is 17.9. The van der Waals surface area contributed by atoms with Gasteiger partial charge in [0.15, 0.2) is 69.0 Å². The number of hydrogen-bond donors (Lipinski definition) is 11. The van der Waals surface area contributed by atoms with Crippen LogP contribution < -0.4 is 37.4 Å². The zero-order valence-corrected chi connectivity index (χ0v) is 55.7. The third kappa shape index (κ3) is 15.1. The Labute approximate surface area is 555 Å². The van der Waals surface area contributed by atoms with Crippen LogP contribution in [0, 0.1) is 5.92 Å². The highest BCUT2D eigenvalue weighted by Crippen LogP contribution is 2.50. The number of aliphatic hydroxyl groups is 5. The number of anilines is 5. The molecule has 8 aromatic rings. The molecule has 14 atom stereocenters. The molecule has 0 radical (unpaired) electrons. The van der Waals surface area contributed by atoms with Crippen LogP contribution >= 0.6 is 18.2 Å². The van der Waals surface area contributed by atoms with Crippen LogP contribution in [-0.2, 0) is 44.8 Å². The van der Waals surface area contributed by atoms with Gasteiger partial charge in [-0.1, -0.05) is 74.0 Å². The van der Waals surface area contributed by atoms with Crippen molar-refractivity contribution < 1.29 is 67.9 Å². The Kier molecular flexibility index (Phi) is 22.1. The molecule has 0 amide bonds. The first kappa shape index (κ1) is 71.2. The van der Waals surface area contributed by atoms with Crippen LogP contribution in [0.25, 0.3) is 33.5 Å². The van der Waals surface area contributed by atoms with E-state index in [2.05, 4.69) is 73.7 Å². The van der Waals surface area contributed by atoms with Crippen LogP contribution in [0.3, 0.4) is 0 Å². The van der Waals surface area contributed by atoms with Gasteiger partial charge in [-0.2, -0.15) is 29.9 Å². The number of nitrogens with zero attached hydrogens (tertiary/aromatic N) is 12. The molecular formula is C60H78ClN18O14PS. The van der Waals surface area contributed by atoms with Crippen molar-refractivity contribution >= 4 is 105 Å². The fraction of sp³-hybridized carbons (Fsp3) is 0.450. The molecule has 1 unspecified atom stereocenters. The van der Waals surface area contributed by atoms with Crippen LogP contribution in [0.5, 0.6) is 5.75 Å². The Morgan fingerprint density at radius 2 is 1.19 bits per heavy atom. The first-order chi connectivity index (χ1) is 45.1. The molecule has 3 fully saturated rings. The van der Waals surface area contributed by atoms with Crippen molar-refractivity contribution in [2.45, 2.75) is 140 Å². The summed E-state index contributed by atoms with van der Waals surface area (Å²) in [4.78, 5) is 63.3. The van der Waals surface area contributed by atoms with Crippen molar-refractivity contribution in [2.24, 2.45) is 5.92 Å². The standard InChI is InChI=1S/C26H36N7O7PS.C20H22ClN5O3.C14H20N6O4/c1-6-12-28-21-19-22(31-25(27)30-21)33(14-29-19)24-26(5,36)20(34)18(39-24)13-37-41(42,40-17-10-8-7-9-11-17)32-16(4)23(35)38-15(2)3;1-4-13-11(2)20(3,29-17(27)12-8-6-5-7-9-12)18(28-13)26-10-23-14-15(21)24-19(22)25-16(14)26;1-3-4-16-10-8-11(19-13(15)18-10)20(6-17-8)12-14(2,23)9(22)7(5-21)24-12/h6-11,14-16,18,20,24,34,36H,1,12-13H2,2-5H3,(H,32,42)(H3,27,28,30,31);5-11,13,18H,4H2,1-3H3,(H2,22,24,25);3,6-7,9,12,21-23H,1,4-5H2,2H3,(H3,15,16,18,19)/t16-,18+,20+,24+,26+,41?;11-,13-,18-,20-;7-,9-,12-,14-/m011/s1. The molecule has 6 aromatic heterocycles. The van der Waals surface area contributed by atoms with Crippen molar-refractivity contribution in [3.8, 4) is 5.75 Å². The van der Waals surface area contributed by atoms with Crippen LogP contribution in [0.15, 0.2) is 105 Å². The average molecular weight is 1370 g/mol. The number of fused-ring (bicyclic) bond motifs is 3. The number of para-hydroxylation sites is 1. The van der Waals surface area contributed by atoms with E-state index in [1.165, 1.54) is 35.6 Å². The molecular weight excluding hydrogens is 1300 g/mol. The molecule has 35 heteroatoms. The number of rotatable bonds is 22. The minimum Gasteiger partial charge on any atom is -0.462 e. The Hall–Kier alpha value is -8.15. The fourth-order valence-corrected chi connectivity index (χ4v) is 13.6. The molecule has 3 aliphatic rings. The van der Waals surface area contributed by atoms with Gasteiger partial charge in [0.2, 0.25) is 17.8 Å². The minimum absolute atomic E-state index is 0.0210. The minimum atomic E-state index is -3.42. The summed E-state index contributed by atoms with van der Waals surface area (Å²) in [5.74, 6) is 0.228. The largest absolute Gasteiger partial charge is 0.462 e. The molecule has 510 valence electrons. The van der Waals surface area contributed by atoms with Gasteiger partial charge in [-0.3, -0.25) is 18.5 Å². The first-order valence-corrected chi connectivity index (χ1v) is 33.1. The lowest BCUT2D eigenvalue weighted by molar-refractivity contribution is -0.149. The number of aromatic nitrogens is 12. The van der Waals surface area contributed by atoms with Crippen molar-refractivity contribution in [3.05, 3.63) is 116 Å². The molecule has 3 aliphatic heterocycles. The number of halogens is 1. The molecule has 0 bridgehead atoms. The zero-order valence-electron chi connectivity index (χ0n) is 53.2. The van der Waals surface area contributed by atoms with Gasteiger partial charge in [-0.25, -0.2) is 24.8 Å². The van der Waals surface area contributed by atoms with E-state index in [-0.39, 0.29) is 53.4 Å². The summed E-state index contributed by atoms with van der Waals surface area (Å²) in [7, 11) is 0. The van der Waals surface area contributed by atoms with Gasteiger partial charge in [-0.05, 0) is 84.0 Å². The highest BCUT2D eigenvalue weighted by atomic mass is 35.5. The Morgan fingerprint density at radius 1 is 0.726 bits per heavy atom. The number of ether oxygens (including phenoxy) is 5. The van der Waals surface area contributed by atoms with E-state index in [1.807, 2.05) is 32.9 Å². The van der Waals surface area contributed by atoms with E-state index < -0.39 is 91.1 Å². The summed E-state index contributed by atoms with van der Waals surface area (Å²) in [6.07, 6.45) is 0.622. The second-order valence-corrected chi connectivity index (χ2v) is 26.8. The highest BCUT2D eigenvalue weighted by Gasteiger charge is 2.57. The van der Waals surface area contributed by atoms with Crippen LogP contribution in [0.4, 0.5) is 29.5 Å². The SMILES string of the molecule is C=CCNc1nc(N)nc2c1ncn2[C@@H]1O[C@H](CO)[C@@H](O)[C@@]1(C)O.C=CCNc1nc(N)nc2c1ncn2[C@@H]1O[C@H](COP(=S)(N[C@@H](C)C(=O)OC(C)C)Oc2ccccc2)[C@@H](O)[C@@]1(C)O.CC[C@H]1O[C@@H](n2cnc3c(Cl)nc(N)nc32)[C@](C)(OC(=O)c2ccccc2)[C@@H]1C. The number of nitrogens with two attached hydrogens (primary N) is 3. The monoisotopic (exact) mass is 1370 g/mol. The van der Waals surface area contributed by atoms with E-state index in [4.69, 9.17) is 73.3 Å². The molecule has 95 heavy (non-hydrogen) atoms. The average Bonchev–Trinajstić information content (AvgIpc) is 1.61. The quantitative estimate of drug-likeness (QED) is 0.0186. The summed E-state index contributed by atoms with van der Waals surface area (Å²) in [5.41, 5.74) is 15.8. The van der Waals surface area contributed by atoms with E-state index >= 15 is 0 Å². The summed E-state index contributed by atoms with van der Waals surface area (Å²) >= 11 is 11.9. The molecule has 32 nitrogen and oxygen atoms in total. The molecule has 0 aliphatic carbocycles. The van der Waals surface area contributed by atoms with Crippen LogP contribution in [0.2, 0.25) is 5.15 Å². The van der Waals surface area contributed by atoms with Gasteiger partial charge in [0, 0.05) is 19.0 Å². The van der Waals surface area contributed by atoms with Gasteiger partial charge in [-0.15, -0.1) is 13.2 Å². The van der Waals surface area contributed by atoms with Crippen molar-refractivity contribution in [1.29, 1.82) is 0 Å². The number of nitrogen functional groups attached to an aromatic ring is 3. The van der Waals surface area contributed by atoms with Crippen LogP contribution in [-0.4, -0.2) is 182 Å². The number of benzene rings is 2. The second kappa shape index (κ2) is 29.5. The third-order valence-electron chi connectivity index (χ3n) is 16.0. The van der Waals surface area contributed by atoms with Gasteiger partial charge < -0.3 is 86.1 Å². The first-order valence-electron chi connectivity index (χ1n) is 30.1. The van der Waals surface area contributed by atoms with Crippen LogP contribution in [0.1, 0.15) is 90.9 Å². The maximum atomic E-state index is 12.9. The number of carbonyl (C=O) groups is 2. The molecule has 0 spiro atoms. The smallest absolute Gasteiger partial charge is 0.338 e. The third-order valence-corrected chi connectivity index (χ3v) is 18.7. The maximum Gasteiger partial charge on any atom is 0.338 e. The van der Waals surface area contributed by atoms with E-state index in [0.717, 1.165) is 6.42 Å². The van der Waals surface area contributed by atoms with Gasteiger partial charge in [0.1, 0.15) is 52.9 Å². The maximum absolute atomic E-state index is 12.9. The predicted molar refractivity (Wildman–Crippen MR) is 355 cm³/mol.